The molecule has 1 heterocycles. The predicted octanol–water partition coefficient (Wildman–Crippen LogP) is 1.79. The van der Waals surface area contributed by atoms with E-state index in [9.17, 15) is 10.4 Å². The highest BCUT2D eigenvalue weighted by atomic mass is 79.9. The van der Waals surface area contributed by atoms with Crippen LogP contribution in [0.5, 0.6) is 0 Å². The van der Waals surface area contributed by atoms with Crippen molar-refractivity contribution >= 4 is 15.9 Å². The molecule has 2 rings (SSSR count). The fourth-order valence-corrected chi connectivity index (χ4v) is 1.49. The molecule has 0 fully saturated rings. The zero-order chi connectivity index (χ0) is 10.1. The van der Waals surface area contributed by atoms with Crippen LogP contribution in [0.4, 0.5) is 0 Å². The number of rotatable bonds is 1. The summed E-state index contributed by atoms with van der Waals surface area (Å²) in [7, 11) is 0. The van der Waals surface area contributed by atoms with E-state index in [0.29, 0.717) is 10.3 Å². The summed E-state index contributed by atoms with van der Waals surface area (Å²) in [6.07, 6.45) is 2.54. The van der Waals surface area contributed by atoms with Crippen LogP contribution in [-0.2, 0) is 0 Å². The number of hydrogen-bond donors (Lipinski definition) is 1. The Hall–Kier alpha value is -1.49. The van der Waals surface area contributed by atoms with E-state index < -0.39 is 0 Å². The van der Waals surface area contributed by atoms with Crippen molar-refractivity contribution in [3.8, 4) is 11.4 Å². The van der Waals surface area contributed by atoms with E-state index in [1.165, 1.54) is 12.4 Å². The predicted molar refractivity (Wildman–Crippen MR) is 53.7 cm³/mol. The molecule has 0 aliphatic heterocycles. The largest absolute Gasteiger partial charge is 0.710 e. The third kappa shape index (κ3) is 1.46. The van der Waals surface area contributed by atoms with Crippen molar-refractivity contribution in [2.24, 2.45) is 0 Å². The fourth-order valence-electron chi connectivity index (χ4n) is 1.22. The lowest BCUT2D eigenvalue weighted by Gasteiger charge is -2.01. The van der Waals surface area contributed by atoms with E-state index in [1.807, 2.05) is 12.1 Å². The molecule has 0 aliphatic carbocycles. The summed E-state index contributed by atoms with van der Waals surface area (Å²) in [5, 5.41) is 20.6. The SMILES string of the molecule is [O-][n+]1ccn(O)c1-c1ccc(Br)cc1. The molecule has 1 aromatic carbocycles. The molecular weight excluding hydrogens is 248 g/mol. The van der Waals surface area contributed by atoms with Crippen molar-refractivity contribution < 1.29 is 9.94 Å². The van der Waals surface area contributed by atoms with Crippen LogP contribution in [0.2, 0.25) is 0 Å². The second-order valence-electron chi connectivity index (χ2n) is 2.80. The van der Waals surface area contributed by atoms with Crippen LogP contribution < -0.4 is 4.73 Å². The van der Waals surface area contributed by atoms with Gasteiger partial charge in [-0.15, -0.1) is 0 Å². The molecular formula is C9H7BrN2O2. The summed E-state index contributed by atoms with van der Waals surface area (Å²) in [6.45, 7) is 0. The second-order valence-corrected chi connectivity index (χ2v) is 3.71. The van der Waals surface area contributed by atoms with E-state index in [4.69, 9.17) is 0 Å². The van der Waals surface area contributed by atoms with E-state index >= 15 is 0 Å². The third-order valence-corrected chi connectivity index (χ3v) is 2.40. The molecule has 0 amide bonds. The zero-order valence-electron chi connectivity index (χ0n) is 7.09. The van der Waals surface area contributed by atoms with Gasteiger partial charge < -0.3 is 10.4 Å². The van der Waals surface area contributed by atoms with Crippen LogP contribution in [-0.4, -0.2) is 9.94 Å². The smallest absolute Gasteiger partial charge is 0.331 e. The van der Waals surface area contributed by atoms with Crippen LogP contribution in [0, 0.1) is 5.21 Å². The van der Waals surface area contributed by atoms with E-state index in [0.717, 1.165) is 9.20 Å². The molecule has 4 nitrogen and oxygen atoms in total. The maximum absolute atomic E-state index is 11.2. The Morgan fingerprint density at radius 1 is 1.29 bits per heavy atom. The van der Waals surface area contributed by atoms with Gasteiger partial charge in [-0.3, -0.25) is 0 Å². The van der Waals surface area contributed by atoms with Crippen molar-refractivity contribution in [3.05, 3.63) is 46.3 Å². The average molecular weight is 255 g/mol. The quantitative estimate of drug-likeness (QED) is 0.479. The first-order valence-electron chi connectivity index (χ1n) is 3.94. The number of halogens is 1. The minimum absolute atomic E-state index is 0.206. The van der Waals surface area contributed by atoms with Crippen molar-refractivity contribution in [2.45, 2.75) is 0 Å². The molecule has 0 saturated heterocycles. The number of aromatic nitrogens is 2. The van der Waals surface area contributed by atoms with Gasteiger partial charge in [0.2, 0.25) is 0 Å². The number of nitrogens with zero attached hydrogens (tertiary/aromatic N) is 2. The molecule has 72 valence electrons. The minimum Gasteiger partial charge on any atom is -0.710 e. The zero-order valence-corrected chi connectivity index (χ0v) is 8.68. The molecule has 2 aromatic rings. The molecule has 0 spiro atoms. The number of benzene rings is 1. The second kappa shape index (κ2) is 3.34. The first-order valence-corrected chi connectivity index (χ1v) is 4.73. The normalized spacial score (nSPS) is 10.4. The van der Waals surface area contributed by atoms with Crippen molar-refractivity contribution in [1.29, 1.82) is 0 Å². The number of imidazole rings is 1. The summed E-state index contributed by atoms with van der Waals surface area (Å²) in [5.74, 6) is 0.206. The van der Waals surface area contributed by atoms with E-state index in [2.05, 4.69) is 15.9 Å². The maximum atomic E-state index is 11.2. The molecule has 1 aromatic heterocycles. The van der Waals surface area contributed by atoms with Gasteiger partial charge in [0.25, 0.3) is 0 Å². The van der Waals surface area contributed by atoms with Gasteiger partial charge in [-0.05, 0) is 29.0 Å². The summed E-state index contributed by atoms with van der Waals surface area (Å²) < 4.78 is 2.34. The standard InChI is InChI=1S/C9H7BrN2O2/c10-8-3-1-7(2-4-8)9-11(13)5-6-12(9)14/h1-6,13H. The molecule has 0 atom stereocenters. The highest BCUT2D eigenvalue weighted by Crippen LogP contribution is 2.18. The monoisotopic (exact) mass is 254 g/mol. The van der Waals surface area contributed by atoms with Crippen LogP contribution in [0.15, 0.2) is 41.1 Å². The first kappa shape index (κ1) is 9.08. The Morgan fingerprint density at radius 2 is 1.93 bits per heavy atom. The highest BCUT2D eigenvalue weighted by Gasteiger charge is 2.14. The topological polar surface area (TPSA) is 52.1 Å². The average Bonchev–Trinajstić information content (AvgIpc) is 2.49. The maximum Gasteiger partial charge on any atom is 0.331 e. The van der Waals surface area contributed by atoms with Gasteiger partial charge in [0.05, 0.1) is 5.56 Å². The van der Waals surface area contributed by atoms with E-state index in [1.54, 1.807) is 12.1 Å². The lowest BCUT2D eigenvalue weighted by atomic mass is 10.2. The fraction of sp³-hybridized carbons (Fsp3) is 0. The summed E-state index contributed by atoms with van der Waals surface area (Å²) in [4.78, 5) is 0. The van der Waals surface area contributed by atoms with Gasteiger partial charge in [0.15, 0.2) is 6.20 Å². The molecule has 14 heavy (non-hydrogen) atoms. The molecule has 0 aliphatic rings. The van der Waals surface area contributed by atoms with Gasteiger partial charge >= 0.3 is 5.82 Å². The molecule has 1 N–H and O–H groups in total. The Balaban J connectivity index is 2.54. The van der Waals surface area contributed by atoms with Crippen molar-refractivity contribution in [3.63, 3.8) is 0 Å². The Morgan fingerprint density at radius 3 is 2.43 bits per heavy atom. The lowest BCUT2D eigenvalue weighted by molar-refractivity contribution is -0.594. The molecule has 0 radical (unpaired) electrons. The molecule has 5 heteroatoms. The van der Waals surface area contributed by atoms with Crippen LogP contribution >= 0.6 is 15.9 Å². The summed E-state index contributed by atoms with van der Waals surface area (Å²) in [6, 6.07) is 7.12. The van der Waals surface area contributed by atoms with Gasteiger partial charge in [0, 0.05) is 4.47 Å². The summed E-state index contributed by atoms with van der Waals surface area (Å²) in [5.41, 5.74) is 0.663. The highest BCUT2D eigenvalue weighted by molar-refractivity contribution is 9.10. The summed E-state index contributed by atoms with van der Waals surface area (Å²) >= 11 is 3.29. The van der Waals surface area contributed by atoms with Crippen LogP contribution in [0.25, 0.3) is 11.4 Å². The third-order valence-electron chi connectivity index (χ3n) is 1.87. The molecule has 0 saturated carbocycles. The van der Waals surface area contributed by atoms with Crippen LogP contribution in [0.3, 0.4) is 0 Å². The molecule has 0 unspecified atom stereocenters. The van der Waals surface area contributed by atoms with Crippen molar-refractivity contribution in [1.82, 2.24) is 4.73 Å². The van der Waals surface area contributed by atoms with Crippen LogP contribution in [0.1, 0.15) is 0 Å². The number of hydrogen-bond acceptors (Lipinski definition) is 2. The Kier molecular flexibility index (Phi) is 2.17. The van der Waals surface area contributed by atoms with Gasteiger partial charge in [-0.2, -0.15) is 0 Å². The Bertz CT molecular complexity index is 431. The van der Waals surface area contributed by atoms with Crippen molar-refractivity contribution in [2.75, 3.05) is 0 Å². The van der Waals surface area contributed by atoms with Gasteiger partial charge in [-0.25, -0.2) is 4.73 Å². The lowest BCUT2D eigenvalue weighted by Crippen LogP contribution is -2.26. The van der Waals surface area contributed by atoms with Gasteiger partial charge in [-0.1, -0.05) is 15.9 Å². The Labute approximate surface area is 88.7 Å². The first-order chi connectivity index (χ1) is 6.68. The van der Waals surface area contributed by atoms with E-state index in [-0.39, 0.29) is 5.82 Å². The molecule has 0 bridgehead atoms. The van der Waals surface area contributed by atoms with Gasteiger partial charge in [0.1, 0.15) is 6.20 Å². The minimum atomic E-state index is 0.206.